The van der Waals surface area contributed by atoms with Crippen LogP contribution in [-0.2, 0) is 9.84 Å². The van der Waals surface area contributed by atoms with E-state index in [0.717, 1.165) is 13.1 Å². The fourth-order valence-corrected chi connectivity index (χ4v) is 3.86. The van der Waals surface area contributed by atoms with Gasteiger partial charge in [0.2, 0.25) is 5.95 Å². The fourth-order valence-electron chi connectivity index (χ4n) is 2.72. The second-order valence-electron chi connectivity index (χ2n) is 5.89. The highest BCUT2D eigenvalue weighted by Gasteiger charge is 2.20. The lowest BCUT2D eigenvalue weighted by atomic mass is 10.3. The highest BCUT2D eigenvalue weighted by atomic mass is 32.2. The lowest BCUT2D eigenvalue weighted by Gasteiger charge is -2.35. The van der Waals surface area contributed by atoms with E-state index in [1.807, 2.05) is 4.90 Å². The maximum atomic E-state index is 12.2. The Kier molecular flexibility index (Phi) is 5.67. The molecule has 138 valence electrons. The topological polar surface area (TPSA) is 105 Å². The van der Waals surface area contributed by atoms with Gasteiger partial charge in [0.25, 0.3) is 0 Å². The van der Waals surface area contributed by atoms with E-state index in [1.54, 1.807) is 48.8 Å². The third-order valence-corrected chi connectivity index (χ3v) is 5.89. The van der Waals surface area contributed by atoms with Gasteiger partial charge in [-0.2, -0.15) is 0 Å². The summed E-state index contributed by atoms with van der Waals surface area (Å²) in [5, 5.41) is 0. The Labute approximate surface area is 153 Å². The van der Waals surface area contributed by atoms with E-state index in [-0.39, 0.29) is 12.3 Å². The zero-order chi connectivity index (χ0) is 18.4. The number of aromatic nitrogens is 2. The lowest BCUT2D eigenvalue weighted by Crippen LogP contribution is -2.51. The van der Waals surface area contributed by atoms with Crippen molar-refractivity contribution >= 4 is 21.7 Å². The van der Waals surface area contributed by atoms with Gasteiger partial charge in [-0.25, -0.2) is 18.4 Å². The summed E-state index contributed by atoms with van der Waals surface area (Å²) in [6, 6.07) is 10.2. The van der Waals surface area contributed by atoms with Crippen LogP contribution in [-0.4, -0.2) is 67.7 Å². The van der Waals surface area contributed by atoms with Crippen molar-refractivity contribution in [2.24, 2.45) is 10.7 Å². The Morgan fingerprint density at radius 1 is 1.04 bits per heavy atom. The number of nitrogens with zero attached hydrogens (tertiary/aromatic N) is 5. The number of anilines is 1. The Bertz CT molecular complexity index is 834. The van der Waals surface area contributed by atoms with E-state index in [0.29, 0.717) is 29.9 Å². The van der Waals surface area contributed by atoms with Crippen LogP contribution in [0.2, 0.25) is 0 Å². The molecule has 0 amide bonds. The van der Waals surface area contributed by atoms with Crippen LogP contribution in [0.25, 0.3) is 0 Å². The molecule has 0 spiro atoms. The van der Waals surface area contributed by atoms with Gasteiger partial charge in [-0.1, -0.05) is 18.2 Å². The monoisotopic (exact) mass is 374 g/mol. The molecule has 0 radical (unpaired) electrons. The zero-order valence-corrected chi connectivity index (χ0v) is 15.2. The molecule has 2 N–H and O–H groups in total. The normalized spacial score (nSPS) is 15.9. The molecule has 1 aromatic carbocycles. The average Bonchev–Trinajstić information content (AvgIpc) is 2.69. The van der Waals surface area contributed by atoms with Crippen molar-refractivity contribution in [2.45, 2.75) is 4.90 Å². The van der Waals surface area contributed by atoms with Gasteiger partial charge in [-0.05, 0) is 18.2 Å². The molecule has 3 rings (SSSR count). The Hall–Kier alpha value is -2.68. The summed E-state index contributed by atoms with van der Waals surface area (Å²) in [4.78, 5) is 17.1. The molecule has 1 aliphatic heterocycles. The molecule has 0 aliphatic carbocycles. The van der Waals surface area contributed by atoms with Crippen LogP contribution >= 0.6 is 0 Å². The number of guanidine groups is 1. The molecular weight excluding hydrogens is 352 g/mol. The molecule has 2 aromatic rings. The molecule has 26 heavy (non-hydrogen) atoms. The molecular formula is C17H22N6O2S. The van der Waals surface area contributed by atoms with Gasteiger partial charge in [-0.3, -0.25) is 4.99 Å². The largest absolute Gasteiger partial charge is 0.370 e. The highest BCUT2D eigenvalue weighted by Crippen LogP contribution is 2.11. The first-order valence-corrected chi connectivity index (χ1v) is 10.1. The van der Waals surface area contributed by atoms with Crippen LogP contribution in [0.4, 0.5) is 5.95 Å². The van der Waals surface area contributed by atoms with E-state index in [2.05, 4.69) is 19.9 Å². The third-order valence-electron chi connectivity index (χ3n) is 4.17. The molecule has 0 bridgehead atoms. The van der Waals surface area contributed by atoms with Crippen LogP contribution in [0.1, 0.15) is 0 Å². The van der Waals surface area contributed by atoms with E-state index < -0.39 is 9.84 Å². The molecule has 1 fully saturated rings. The van der Waals surface area contributed by atoms with Gasteiger partial charge in [0.15, 0.2) is 15.8 Å². The average molecular weight is 374 g/mol. The summed E-state index contributed by atoms with van der Waals surface area (Å²) in [5.41, 5.74) is 6.03. The zero-order valence-electron chi connectivity index (χ0n) is 14.4. The highest BCUT2D eigenvalue weighted by molar-refractivity contribution is 7.91. The van der Waals surface area contributed by atoms with E-state index in [9.17, 15) is 8.42 Å². The number of rotatable bonds is 5. The second kappa shape index (κ2) is 8.13. The minimum atomic E-state index is -3.34. The smallest absolute Gasteiger partial charge is 0.225 e. The maximum absolute atomic E-state index is 12.2. The van der Waals surface area contributed by atoms with E-state index >= 15 is 0 Å². The van der Waals surface area contributed by atoms with Gasteiger partial charge in [0.05, 0.1) is 17.2 Å². The minimum Gasteiger partial charge on any atom is -0.370 e. The van der Waals surface area contributed by atoms with Gasteiger partial charge < -0.3 is 15.5 Å². The first kappa shape index (κ1) is 18.1. The summed E-state index contributed by atoms with van der Waals surface area (Å²) in [6.07, 6.45) is 3.44. The van der Waals surface area contributed by atoms with E-state index in [1.165, 1.54) is 0 Å². The molecule has 1 aliphatic rings. The van der Waals surface area contributed by atoms with Crippen molar-refractivity contribution in [3.63, 3.8) is 0 Å². The molecule has 0 unspecified atom stereocenters. The third kappa shape index (κ3) is 4.48. The van der Waals surface area contributed by atoms with Crippen LogP contribution in [0.15, 0.2) is 58.7 Å². The minimum absolute atomic E-state index is 0.0600. The Morgan fingerprint density at radius 3 is 2.35 bits per heavy atom. The lowest BCUT2D eigenvalue weighted by molar-refractivity contribution is 0.378. The standard InChI is InChI=1S/C17H22N6O2S/c18-16(19-9-14-26(24,25)15-5-2-1-3-6-15)22-10-12-23(13-11-22)17-20-7-4-8-21-17/h1-8H,9-14H2,(H2,18,19). The van der Waals surface area contributed by atoms with Crippen LogP contribution in [0.3, 0.4) is 0 Å². The van der Waals surface area contributed by atoms with Crippen LogP contribution in [0, 0.1) is 0 Å². The summed E-state index contributed by atoms with van der Waals surface area (Å²) in [7, 11) is -3.34. The van der Waals surface area contributed by atoms with Gasteiger partial charge >= 0.3 is 0 Å². The first-order valence-electron chi connectivity index (χ1n) is 8.41. The number of nitrogens with two attached hydrogens (primary N) is 1. The van der Waals surface area contributed by atoms with Crippen molar-refractivity contribution in [3.8, 4) is 0 Å². The summed E-state index contributed by atoms with van der Waals surface area (Å²) in [5.74, 6) is 1.02. The number of hydrogen-bond acceptors (Lipinski definition) is 6. The van der Waals surface area contributed by atoms with E-state index in [4.69, 9.17) is 5.73 Å². The molecule has 8 nitrogen and oxygen atoms in total. The predicted octanol–water partition coefficient (Wildman–Crippen LogP) is 0.387. The van der Waals surface area contributed by atoms with Crippen molar-refractivity contribution in [3.05, 3.63) is 48.8 Å². The number of piperazine rings is 1. The summed E-state index contributed by atoms with van der Waals surface area (Å²) >= 11 is 0. The Balaban J connectivity index is 1.51. The van der Waals surface area contributed by atoms with Crippen molar-refractivity contribution in [2.75, 3.05) is 43.4 Å². The molecule has 2 heterocycles. The SMILES string of the molecule is NC(=NCCS(=O)(=O)c1ccccc1)N1CCN(c2ncccn2)CC1. The Morgan fingerprint density at radius 2 is 1.69 bits per heavy atom. The summed E-state index contributed by atoms with van der Waals surface area (Å²) in [6.45, 7) is 3.01. The predicted molar refractivity (Wildman–Crippen MR) is 101 cm³/mol. The van der Waals surface area contributed by atoms with Crippen molar-refractivity contribution in [1.82, 2.24) is 14.9 Å². The summed E-state index contributed by atoms with van der Waals surface area (Å²) < 4.78 is 24.5. The van der Waals surface area contributed by atoms with Gasteiger partial charge in [0, 0.05) is 38.6 Å². The molecule has 0 saturated carbocycles. The van der Waals surface area contributed by atoms with Gasteiger partial charge in [-0.15, -0.1) is 0 Å². The fraction of sp³-hybridized carbons (Fsp3) is 0.353. The quantitative estimate of drug-likeness (QED) is 0.596. The molecule has 0 atom stereocenters. The first-order chi connectivity index (χ1) is 12.6. The van der Waals surface area contributed by atoms with Crippen molar-refractivity contribution < 1.29 is 8.42 Å². The number of sulfone groups is 1. The second-order valence-corrected chi connectivity index (χ2v) is 8.00. The molecule has 1 saturated heterocycles. The van der Waals surface area contributed by atoms with Gasteiger partial charge in [0.1, 0.15) is 0 Å². The van der Waals surface area contributed by atoms with Crippen LogP contribution in [0.5, 0.6) is 0 Å². The number of aliphatic imine (C=N–C) groups is 1. The van der Waals surface area contributed by atoms with Crippen LogP contribution < -0.4 is 10.6 Å². The number of benzene rings is 1. The van der Waals surface area contributed by atoms with Crippen molar-refractivity contribution in [1.29, 1.82) is 0 Å². The molecule has 1 aromatic heterocycles. The number of hydrogen-bond donors (Lipinski definition) is 1. The molecule has 9 heteroatoms. The maximum Gasteiger partial charge on any atom is 0.225 e.